The second-order valence-electron chi connectivity index (χ2n) is 5.88. The van der Waals surface area contributed by atoms with Crippen molar-refractivity contribution < 1.29 is 4.74 Å². The first kappa shape index (κ1) is 13.3. The molecule has 0 aliphatic carbocycles. The van der Waals surface area contributed by atoms with Gasteiger partial charge in [-0.15, -0.1) is 0 Å². The van der Waals surface area contributed by atoms with Crippen LogP contribution in [0.15, 0.2) is 48.7 Å². The highest BCUT2D eigenvalue weighted by Gasteiger charge is 2.18. The first-order valence-corrected chi connectivity index (χ1v) is 7.82. The van der Waals surface area contributed by atoms with E-state index in [9.17, 15) is 0 Å². The second kappa shape index (κ2) is 5.41. The zero-order valence-corrected chi connectivity index (χ0v) is 12.8. The van der Waals surface area contributed by atoms with Gasteiger partial charge in [0.2, 0.25) is 0 Å². The molecule has 0 unspecified atom stereocenters. The van der Waals surface area contributed by atoms with Crippen molar-refractivity contribution in [1.29, 1.82) is 0 Å². The van der Waals surface area contributed by atoms with Crippen LogP contribution in [0, 0.1) is 0 Å². The van der Waals surface area contributed by atoms with Gasteiger partial charge in [0.15, 0.2) is 0 Å². The van der Waals surface area contributed by atoms with E-state index in [0.717, 1.165) is 25.3 Å². The zero-order valence-electron chi connectivity index (χ0n) is 12.8. The van der Waals surface area contributed by atoms with Gasteiger partial charge in [0, 0.05) is 35.9 Å². The summed E-state index contributed by atoms with van der Waals surface area (Å²) >= 11 is 0. The number of aromatic amines is 1. The molecule has 22 heavy (non-hydrogen) atoms. The van der Waals surface area contributed by atoms with Crippen LogP contribution in [-0.2, 0) is 13.0 Å². The number of ether oxygens (including phenoxy) is 1. The smallest absolute Gasteiger partial charge is 0.119 e. The van der Waals surface area contributed by atoms with E-state index < -0.39 is 0 Å². The van der Waals surface area contributed by atoms with E-state index in [1.54, 1.807) is 7.11 Å². The number of aromatic nitrogens is 1. The number of benzene rings is 2. The van der Waals surface area contributed by atoms with Gasteiger partial charge in [-0.2, -0.15) is 0 Å². The molecule has 0 fully saturated rings. The number of hydrogen-bond acceptors (Lipinski definition) is 2. The van der Waals surface area contributed by atoms with Gasteiger partial charge in [-0.25, -0.2) is 0 Å². The van der Waals surface area contributed by atoms with Gasteiger partial charge in [-0.1, -0.05) is 18.2 Å². The highest BCUT2D eigenvalue weighted by Crippen LogP contribution is 2.32. The van der Waals surface area contributed by atoms with Crippen molar-refractivity contribution in [3.63, 3.8) is 0 Å². The van der Waals surface area contributed by atoms with Crippen molar-refractivity contribution in [2.24, 2.45) is 0 Å². The molecule has 1 aromatic heterocycles. The highest BCUT2D eigenvalue weighted by molar-refractivity contribution is 5.83. The standard InChI is InChI=1S/C19H20N2O/c1-22-16-8-9-19-14(11-16)5-4-10-21(19)13-15-12-20-18-7-3-2-6-17(15)18/h2-3,6-9,11-12,20H,4-5,10,13H2,1H3. The minimum absolute atomic E-state index is 0.948. The lowest BCUT2D eigenvalue weighted by atomic mass is 10.0. The number of anilines is 1. The summed E-state index contributed by atoms with van der Waals surface area (Å²) in [5.74, 6) is 0.952. The molecule has 2 heterocycles. The first-order valence-electron chi connectivity index (χ1n) is 7.82. The number of H-pyrrole nitrogens is 1. The van der Waals surface area contributed by atoms with Crippen molar-refractivity contribution >= 4 is 16.6 Å². The first-order chi connectivity index (χ1) is 10.8. The monoisotopic (exact) mass is 292 g/mol. The summed E-state index contributed by atoms with van der Waals surface area (Å²) in [6.07, 6.45) is 4.47. The van der Waals surface area contributed by atoms with Crippen LogP contribution in [0.25, 0.3) is 10.9 Å². The van der Waals surface area contributed by atoms with Gasteiger partial charge in [0.1, 0.15) is 5.75 Å². The Hall–Kier alpha value is -2.42. The number of nitrogens with zero attached hydrogens (tertiary/aromatic N) is 1. The van der Waals surface area contributed by atoms with Crippen LogP contribution in [0.5, 0.6) is 5.75 Å². The number of aryl methyl sites for hydroxylation is 1. The lowest BCUT2D eigenvalue weighted by Gasteiger charge is -2.31. The molecule has 1 aliphatic heterocycles. The molecule has 0 radical (unpaired) electrons. The Morgan fingerprint density at radius 2 is 2.09 bits per heavy atom. The van der Waals surface area contributed by atoms with E-state index in [-0.39, 0.29) is 0 Å². The average molecular weight is 292 g/mol. The van der Waals surface area contributed by atoms with Crippen LogP contribution in [0.2, 0.25) is 0 Å². The van der Waals surface area contributed by atoms with Crippen LogP contribution in [0.4, 0.5) is 5.69 Å². The Kier molecular flexibility index (Phi) is 3.26. The van der Waals surface area contributed by atoms with Crippen molar-refractivity contribution in [1.82, 2.24) is 4.98 Å². The van der Waals surface area contributed by atoms with Gasteiger partial charge in [-0.3, -0.25) is 0 Å². The van der Waals surface area contributed by atoms with E-state index >= 15 is 0 Å². The fraction of sp³-hybridized carbons (Fsp3) is 0.263. The maximum Gasteiger partial charge on any atom is 0.119 e. The molecule has 1 aliphatic rings. The summed E-state index contributed by atoms with van der Waals surface area (Å²) < 4.78 is 5.36. The Bertz CT molecular complexity index is 806. The minimum atomic E-state index is 0.948. The van der Waals surface area contributed by atoms with Crippen molar-refractivity contribution in [2.75, 3.05) is 18.6 Å². The average Bonchev–Trinajstić information content (AvgIpc) is 2.98. The topological polar surface area (TPSA) is 28.3 Å². The summed E-state index contributed by atoms with van der Waals surface area (Å²) in [6, 6.07) is 14.9. The lowest BCUT2D eigenvalue weighted by Crippen LogP contribution is -2.28. The summed E-state index contributed by atoms with van der Waals surface area (Å²) in [6.45, 7) is 2.06. The Labute approximate surface area is 130 Å². The molecule has 1 N–H and O–H groups in total. The highest BCUT2D eigenvalue weighted by atomic mass is 16.5. The molecular weight excluding hydrogens is 272 g/mol. The Balaban J connectivity index is 1.67. The maximum absolute atomic E-state index is 5.36. The zero-order chi connectivity index (χ0) is 14.9. The van der Waals surface area contributed by atoms with Crippen LogP contribution in [0.1, 0.15) is 17.5 Å². The van der Waals surface area contributed by atoms with E-state index in [0.29, 0.717) is 0 Å². The second-order valence-corrected chi connectivity index (χ2v) is 5.88. The predicted octanol–water partition coefficient (Wildman–Crippen LogP) is 4.13. The third kappa shape index (κ3) is 2.23. The number of rotatable bonds is 3. The number of nitrogens with one attached hydrogen (secondary N) is 1. The molecule has 0 atom stereocenters. The summed E-state index contributed by atoms with van der Waals surface area (Å²) in [5.41, 5.74) is 5.31. The molecule has 112 valence electrons. The van der Waals surface area contributed by atoms with Crippen LogP contribution in [-0.4, -0.2) is 18.6 Å². The van der Waals surface area contributed by atoms with E-state index in [1.807, 2.05) is 0 Å². The summed E-state index contributed by atoms with van der Waals surface area (Å²) in [7, 11) is 1.73. The number of hydrogen-bond donors (Lipinski definition) is 1. The van der Waals surface area contributed by atoms with E-state index in [4.69, 9.17) is 4.74 Å². The van der Waals surface area contributed by atoms with E-state index in [2.05, 4.69) is 58.5 Å². The van der Waals surface area contributed by atoms with Gasteiger partial charge in [-0.05, 0) is 48.2 Å². The molecule has 3 aromatic rings. The molecule has 4 rings (SSSR count). The van der Waals surface area contributed by atoms with Crippen LogP contribution in [0.3, 0.4) is 0 Å². The van der Waals surface area contributed by atoms with Crippen LogP contribution < -0.4 is 9.64 Å². The summed E-state index contributed by atoms with van der Waals surface area (Å²) in [4.78, 5) is 5.85. The normalized spacial score (nSPS) is 14.1. The van der Waals surface area contributed by atoms with Crippen molar-refractivity contribution in [3.8, 4) is 5.75 Å². The fourth-order valence-electron chi connectivity index (χ4n) is 3.41. The molecule has 0 saturated heterocycles. The third-order valence-corrected chi connectivity index (χ3v) is 4.54. The third-order valence-electron chi connectivity index (χ3n) is 4.54. The summed E-state index contributed by atoms with van der Waals surface area (Å²) in [5, 5.41) is 1.32. The van der Waals surface area contributed by atoms with Gasteiger partial charge in [0.25, 0.3) is 0 Å². The Morgan fingerprint density at radius 1 is 1.18 bits per heavy atom. The molecular formula is C19H20N2O. The molecule has 0 saturated carbocycles. The molecule has 3 nitrogen and oxygen atoms in total. The SMILES string of the molecule is COc1ccc2c(c1)CCCN2Cc1c[nH]c2ccccc12. The van der Waals surface area contributed by atoms with Crippen LogP contribution >= 0.6 is 0 Å². The van der Waals surface area contributed by atoms with Crippen molar-refractivity contribution in [3.05, 3.63) is 59.8 Å². The molecule has 0 amide bonds. The lowest BCUT2D eigenvalue weighted by molar-refractivity contribution is 0.414. The quantitative estimate of drug-likeness (QED) is 0.786. The Morgan fingerprint density at radius 3 is 3.00 bits per heavy atom. The molecule has 2 aromatic carbocycles. The molecule has 0 spiro atoms. The van der Waals surface area contributed by atoms with Crippen molar-refractivity contribution in [2.45, 2.75) is 19.4 Å². The molecule has 3 heteroatoms. The van der Waals surface area contributed by atoms with E-state index in [1.165, 1.54) is 34.1 Å². The predicted molar refractivity (Wildman–Crippen MR) is 90.7 cm³/mol. The fourth-order valence-corrected chi connectivity index (χ4v) is 3.41. The number of para-hydroxylation sites is 1. The van der Waals surface area contributed by atoms with Gasteiger partial charge in [0.05, 0.1) is 7.11 Å². The number of fused-ring (bicyclic) bond motifs is 2. The van der Waals surface area contributed by atoms with Gasteiger partial charge < -0.3 is 14.6 Å². The molecule has 0 bridgehead atoms. The number of methoxy groups -OCH3 is 1. The largest absolute Gasteiger partial charge is 0.497 e. The van der Waals surface area contributed by atoms with Gasteiger partial charge >= 0.3 is 0 Å². The maximum atomic E-state index is 5.36. The minimum Gasteiger partial charge on any atom is -0.497 e.